The molecule has 0 saturated carbocycles. The van der Waals surface area contributed by atoms with Gasteiger partial charge in [-0.3, -0.25) is 9.59 Å². The summed E-state index contributed by atoms with van der Waals surface area (Å²) in [7, 11) is 2.95. The van der Waals surface area contributed by atoms with Gasteiger partial charge in [0.1, 0.15) is 5.75 Å². The first-order valence-corrected chi connectivity index (χ1v) is 8.55. The molecule has 0 fully saturated rings. The Balaban J connectivity index is 2.60. The lowest BCUT2D eigenvalue weighted by molar-refractivity contribution is -0.141. The zero-order valence-corrected chi connectivity index (χ0v) is 15.6. The smallest absolute Gasteiger partial charge is 0.307 e. The van der Waals surface area contributed by atoms with Gasteiger partial charge in [-0.25, -0.2) is 0 Å². The number of carbonyl (C=O) groups excluding carboxylic acids is 2. The number of methoxy groups -OCH3 is 2. The van der Waals surface area contributed by atoms with E-state index in [1.807, 2.05) is 38.1 Å². The SMILES string of the molecule is COC(=O)CCN(CCCOC(C)C)C(=O)Cc1ccc(OC)cc1. The maximum Gasteiger partial charge on any atom is 0.307 e. The monoisotopic (exact) mass is 351 g/mol. The molecule has 0 heterocycles. The molecule has 0 saturated heterocycles. The zero-order valence-electron chi connectivity index (χ0n) is 15.6. The fourth-order valence-corrected chi connectivity index (χ4v) is 2.29. The Hall–Kier alpha value is -2.08. The van der Waals surface area contributed by atoms with Crippen molar-refractivity contribution in [3.63, 3.8) is 0 Å². The van der Waals surface area contributed by atoms with Gasteiger partial charge < -0.3 is 19.1 Å². The molecule has 1 aromatic carbocycles. The summed E-state index contributed by atoms with van der Waals surface area (Å²) < 4.78 is 15.3. The number of hydrogen-bond acceptors (Lipinski definition) is 5. The van der Waals surface area contributed by atoms with Gasteiger partial charge in [-0.2, -0.15) is 0 Å². The Bertz CT molecular complexity index is 527. The minimum absolute atomic E-state index is 0.0152. The number of rotatable bonds is 11. The molecule has 0 atom stereocenters. The van der Waals surface area contributed by atoms with Crippen LogP contribution in [0.1, 0.15) is 32.3 Å². The average Bonchev–Trinajstić information content (AvgIpc) is 2.61. The topological polar surface area (TPSA) is 65.1 Å². The van der Waals surface area contributed by atoms with Crippen molar-refractivity contribution >= 4 is 11.9 Å². The van der Waals surface area contributed by atoms with Crippen LogP contribution in [0.15, 0.2) is 24.3 Å². The minimum Gasteiger partial charge on any atom is -0.497 e. The summed E-state index contributed by atoms with van der Waals surface area (Å²) in [6.45, 7) is 5.44. The van der Waals surface area contributed by atoms with Crippen molar-refractivity contribution in [2.75, 3.05) is 33.9 Å². The Morgan fingerprint density at radius 3 is 2.32 bits per heavy atom. The van der Waals surface area contributed by atoms with Crippen LogP contribution in [-0.4, -0.2) is 56.8 Å². The Kier molecular flexibility index (Phi) is 9.62. The van der Waals surface area contributed by atoms with E-state index in [2.05, 4.69) is 4.74 Å². The molecular weight excluding hydrogens is 322 g/mol. The number of esters is 1. The predicted molar refractivity (Wildman–Crippen MR) is 95.6 cm³/mol. The highest BCUT2D eigenvalue weighted by molar-refractivity contribution is 5.79. The van der Waals surface area contributed by atoms with E-state index < -0.39 is 0 Å². The predicted octanol–water partition coefficient (Wildman–Crippen LogP) is 2.44. The molecule has 0 radical (unpaired) electrons. The summed E-state index contributed by atoms with van der Waals surface area (Å²) >= 11 is 0. The number of benzene rings is 1. The summed E-state index contributed by atoms with van der Waals surface area (Å²) in [6.07, 6.45) is 1.37. The molecule has 0 aliphatic rings. The van der Waals surface area contributed by atoms with E-state index >= 15 is 0 Å². The van der Waals surface area contributed by atoms with Gasteiger partial charge in [0.05, 0.1) is 33.2 Å². The molecule has 0 N–H and O–H groups in total. The second-order valence-electron chi connectivity index (χ2n) is 6.00. The summed E-state index contributed by atoms with van der Waals surface area (Å²) in [4.78, 5) is 25.7. The van der Waals surface area contributed by atoms with Crippen LogP contribution in [0.2, 0.25) is 0 Å². The molecule has 6 nitrogen and oxygen atoms in total. The molecule has 0 bridgehead atoms. The first-order valence-electron chi connectivity index (χ1n) is 8.55. The standard InChI is InChI=1S/C19H29NO5/c1-15(2)25-13-5-11-20(12-10-19(22)24-4)18(21)14-16-6-8-17(23-3)9-7-16/h6-9,15H,5,10-14H2,1-4H3. The highest BCUT2D eigenvalue weighted by Gasteiger charge is 2.16. The normalized spacial score (nSPS) is 10.6. The van der Waals surface area contributed by atoms with Crippen molar-refractivity contribution in [2.24, 2.45) is 0 Å². The van der Waals surface area contributed by atoms with Crippen LogP contribution in [0, 0.1) is 0 Å². The van der Waals surface area contributed by atoms with Crippen molar-refractivity contribution in [3.8, 4) is 5.75 Å². The number of nitrogens with zero attached hydrogens (tertiary/aromatic N) is 1. The molecule has 0 aliphatic carbocycles. The summed E-state index contributed by atoms with van der Waals surface area (Å²) in [6, 6.07) is 7.41. The Labute approximate surface area is 150 Å². The maximum absolute atomic E-state index is 12.6. The molecule has 0 aliphatic heterocycles. The van der Waals surface area contributed by atoms with E-state index in [0.29, 0.717) is 19.7 Å². The molecule has 1 aromatic rings. The molecule has 0 spiro atoms. The van der Waals surface area contributed by atoms with Gasteiger partial charge in [-0.15, -0.1) is 0 Å². The van der Waals surface area contributed by atoms with Gasteiger partial charge in [0, 0.05) is 19.7 Å². The van der Waals surface area contributed by atoms with E-state index in [0.717, 1.165) is 17.7 Å². The molecule has 1 amide bonds. The van der Waals surface area contributed by atoms with E-state index in [-0.39, 0.29) is 30.8 Å². The fourth-order valence-electron chi connectivity index (χ4n) is 2.29. The van der Waals surface area contributed by atoms with Crippen molar-refractivity contribution in [1.82, 2.24) is 4.90 Å². The van der Waals surface area contributed by atoms with E-state index in [4.69, 9.17) is 9.47 Å². The molecule has 140 valence electrons. The molecule has 25 heavy (non-hydrogen) atoms. The minimum atomic E-state index is -0.319. The van der Waals surface area contributed by atoms with E-state index in [9.17, 15) is 9.59 Å². The number of hydrogen-bond donors (Lipinski definition) is 0. The van der Waals surface area contributed by atoms with Crippen LogP contribution in [0.4, 0.5) is 0 Å². The zero-order chi connectivity index (χ0) is 18.7. The number of carbonyl (C=O) groups is 2. The third kappa shape index (κ3) is 8.54. The second-order valence-corrected chi connectivity index (χ2v) is 6.00. The van der Waals surface area contributed by atoms with Crippen molar-refractivity contribution in [1.29, 1.82) is 0 Å². The van der Waals surface area contributed by atoms with E-state index in [1.165, 1.54) is 7.11 Å². The highest BCUT2D eigenvalue weighted by atomic mass is 16.5. The molecule has 1 rings (SSSR count). The van der Waals surface area contributed by atoms with Crippen molar-refractivity contribution in [3.05, 3.63) is 29.8 Å². The van der Waals surface area contributed by atoms with Gasteiger partial charge in [-0.1, -0.05) is 12.1 Å². The summed E-state index contributed by atoms with van der Waals surface area (Å²) in [5, 5.41) is 0. The number of ether oxygens (including phenoxy) is 3. The molecular formula is C19H29NO5. The Morgan fingerprint density at radius 1 is 1.08 bits per heavy atom. The lowest BCUT2D eigenvalue weighted by Crippen LogP contribution is -2.35. The van der Waals surface area contributed by atoms with Crippen molar-refractivity contribution < 1.29 is 23.8 Å². The van der Waals surface area contributed by atoms with Crippen LogP contribution < -0.4 is 4.74 Å². The second kappa shape index (κ2) is 11.5. The van der Waals surface area contributed by atoms with Crippen LogP contribution in [0.5, 0.6) is 5.75 Å². The fraction of sp³-hybridized carbons (Fsp3) is 0.579. The third-order valence-electron chi connectivity index (χ3n) is 3.70. The van der Waals surface area contributed by atoms with Crippen LogP contribution in [0.3, 0.4) is 0 Å². The first-order chi connectivity index (χ1) is 12.0. The van der Waals surface area contributed by atoms with Crippen LogP contribution >= 0.6 is 0 Å². The van der Waals surface area contributed by atoms with E-state index in [1.54, 1.807) is 12.0 Å². The Morgan fingerprint density at radius 2 is 1.76 bits per heavy atom. The van der Waals surface area contributed by atoms with Gasteiger partial charge in [-0.05, 0) is 38.0 Å². The quantitative estimate of drug-likeness (QED) is 0.453. The van der Waals surface area contributed by atoms with Gasteiger partial charge in [0.15, 0.2) is 0 Å². The molecule has 0 aromatic heterocycles. The average molecular weight is 351 g/mol. The van der Waals surface area contributed by atoms with Crippen molar-refractivity contribution in [2.45, 2.75) is 39.2 Å². The lowest BCUT2D eigenvalue weighted by atomic mass is 10.1. The highest BCUT2D eigenvalue weighted by Crippen LogP contribution is 2.13. The van der Waals surface area contributed by atoms with Crippen LogP contribution in [-0.2, 0) is 25.5 Å². The third-order valence-corrected chi connectivity index (χ3v) is 3.70. The molecule has 0 unspecified atom stereocenters. The van der Waals surface area contributed by atoms with Gasteiger partial charge in [0.25, 0.3) is 0 Å². The molecule has 6 heteroatoms. The van der Waals surface area contributed by atoms with Gasteiger partial charge in [0.2, 0.25) is 5.91 Å². The summed E-state index contributed by atoms with van der Waals surface area (Å²) in [5.74, 6) is 0.420. The maximum atomic E-state index is 12.6. The van der Waals surface area contributed by atoms with Crippen LogP contribution in [0.25, 0.3) is 0 Å². The lowest BCUT2D eigenvalue weighted by Gasteiger charge is -2.23. The largest absolute Gasteiger partial charge is 0.497 e. The first kappa shape index (κ1) is 21.0. The summed E-state index contributed by atoms with van der Waals surface area (Å²) in [5.41, 5.74) is 0.910. The van der Waals surface area contributed by atoms with Gasteiger partial charge >= 0.3 is 5.97 Å². The number of amides is 1.